The maximum atomic E-state index is 11.5. The van der Waals surface area contributed by atoms with Crippen LogP contribution in [0.25, 0.3) is 0 Å². The fourth-order valence-corrected chi connectivity index (χ4v) is 0.690. The Morgan fingerprint density at radius 2 is 1.73 bits per heavy atom. The quantitative estimate of drug-likeness (QED) is 0.548. The van der Waals surface area contributed by atoms with E-state index in [9.17, 15) is 8.78 Å². The maximum Gasteiger partial charge on any atom is 0.250 e. The first-order valence-corrected chi connectivity index (χ1v) is 3.97. The van der Waals surface area contributed by atoms with Crippen molar-refractivity contribution in [3.05, 3.63) is 0 Å². The molecule has 0 aliphatic carbocycles. The highest BCUT2D eigenvalue weighted by molar-refractivity contribution is 4.51. The van der Waals surface area contributed by atoms with Gasteiger partial charge in [0, 0.05) is 13.1 Å². The first kappa shape index (κ1) is 10.8. The van der Waals surface area contributed by atoms with E-state index in [4.69, 9.17) is 0 Å². The summed E-state index contributed by atoms with van der Waals surface area (Å²) in [6.07, 6.45) is -1.16. The number of hydrogen-bond acceptors (Lipinski definition) is 2. The molecular formula is C7H16F2N2. The second kappa shape index (κ2) is 7.88. The zero-order chi connectivity index (χ0) is 8.53. The normalized spacial score (nSPS) is 10.9. The number of hydrogen-bond donors (Lipinski definition) is 2. The van der Waals surface area contributed by atoms with Gasteiger partial charge in [-0.15, -0.1) is 0 Å². The summed E-state index contributed by atoms with van der Waals surface area (Å²) >= 11 is 0. The molecule has 0 aromatic carbocycles. The summed E-state index contributed by atoms with van der Waals surface area (Å²) in [6.45, 7) is 4.20. The standard InChI is InChI=1S/C7H16F2N2/c1-2-3-10-4-5-11-6-7(8)9/h7,10-11H,2-6H2,1H3. The van der Waals surface area contributed by atoms with Gasteiger partial charge in [-0.25, -0.2) is 8.78 Å². The van der Waals surface area contributed by atoms with Crippen LogP contribution in [0.5, 0.6) is 0 Å². The van der Waals surface area contributed by atoms with Gasteiger partial charge in [-0.3, -0.25) is 0 Å². The van der Waals surface area contributed by atoms with Crippen LogP contribution in [0.4, 0.5) is 8.78 Å². The summed E-state index contributed by atoms with van der Waals surface area (Å²) < 4.78 is 23.1. The van der Waals surface area contributed by atoms with Crippen LogP contribution in [-0.4, -0.2) is 32.6 Å². The van der Waals surface area contributed by atoms with Gasteiger partial charge in [0.15, 0.2) is 0 Å². The molecule has 0 aromatic rings. The Morgan fingerprint density at radius 1 is 1.09 bits per heavy atom. The summed E-state index contributed by atoms with van der Waals surface area (Å²) in [4.78, 5) is 0. The SMILES string of the molecule is CCCNCCNCC(F)F. The van der Waals surface area contributed by atoms with Crippen molar-refractivity contribution < 1.29 is 8.78 Å². The Bertz CT molecular complexity index is 78.8. The first-order valence-electron chi connectivity index (χ1n) is 3.97. The van der Waals surface area contributed by atoms with E-state index >= 15 is 0 Å². The van der Waals surface area contributed by atoms with Crippen molar-refractivity contribution >= 4 is 0 Å². The minimum Gasteiger partial charge on any atom is -0.315 e. The van der Waals surface area contributed by atoms with E-state index < -0.39 is 6.43 Å². The molecule has 11 heavy (non-hydrogen) atoms. The first-order chi connectivity index (χ1) is 5.27. The molecule has 0 atom stereocenters. The molecule has 0 fully saturated rings. The number of nitrogens with one attached hydrogen (secondary N) is 2. The largest absolute Gasteiger partial charge is 0.315 e. The third kappa shape index (κ3) is 9.78. The molecular weight excluding hydrogens is 150 g/mol. The molecule has 0 saturated heterocycles. The van der Waals surface area contributed by atoms with Crippen LogP contribution in [0.2, 0.25) is 0 Å². The molecule has 0 rings (SSSR count). The third-order valence-corrected chi connectivity index (χ3v) is 1.20. The fourth-order valence-electron chi connectivity index (χ4n) is 0.690. The predicted molar refractivity (Wildman–Crippen MR) is 42.0 cm³/mol. The molecule has 0 heterocycles. The second-order valence-corrected chi connectivity index (χ2v) is 2.35. The predicted octanol–water partition coefficient (Wildman–Crippen LogP) is 0.841. The Labute approximate surface area is 66.4 Å². The Balaban J connectivity index is 2.80. The highest BCUT2D eigenvalue weighted by Crippen LogP contribution is 1.86. The zero-order valence-electron chi connectivity index (χ0n) is 6.87. The molecule has 0 spiro atoms. The lowest BCUT2D eigenvalue weighted by Crippen LogP contribution is -2.30. The molecule has 0 unspecified atom stereocenters. The maximum absolute atomic E-state index is 11.5. The monoisotopic (exact) mass is 166 g/mol. The molecule has 0 aliphatic rings. The summed E-state index contributed by atoms with van der Waals surface area (Å²) in [5.74, 6) is 0. The van der Waals surface area contributed by atoms with Crippen molar-refractivity contribution in [3.8, 4) is 0 Å². The molecule has 0 saturated carbocycles. The van der Waals surface area contributed by atoms with Crippen LogP contribution >= 0.6 is 0 Å². The third-order valence-electron chi connectivity index (χ3n) is 1.20. The van der Waals surface area contributed by atoms with Crippen molar-refractivity contribution in [3.63, 3.8) is 0 Å². The summed E-state index contributed by atoms with van der Waals surface area (Å²) in [7, 11) is 0. The van der Waals surface area contributed by atoms with Gasteiger partial charge < -0.3 is 10.6 Å². The van der Waals surface area contributed by atoms with Crippen LogP contribution in [0.3, 0.4) is 0 Å². The van der Waals surface area contributed by atoms with Gasteiger partial charge in [0.25, 0.3) is 6.43 Å². The lowest BCUT2D eigenvalue weighted by atomic mass is 10.4. The van der Waals surface area contributed by atoms with Gasteiger partial charge in [-0.1, -0.05) is 6.92 Å². The molecule has 0 aliphatic heterocycles. The van der Waals surface area contributed by atoms with Crippen LogP contribution in [-0.2, 0) is 0 Å². The Hall–Kier alpha value is -0.220. The number of halogens is 2. The van der Waals surface area contributed by atoms with Gasteiger partial charge >= 0.3 is 0 Å². The zero-order valence-corrected chi connectivity index (χ0v) is 6.87. The summed E-state index contributed by atoms with van der Waals surface area (Å²) in [5.41, 5.74) is 0. The number of rotatable bonds is 7. The molecule has 0 radical (unpaired) electrons. The van der Waals surface area contributed by atoms with Gasteiger partial charge in [0.1, 0.15) is 0 Å². The average molecular weight is 166 g/mol. The van der Waals surface area contributed by atoms with Gasteiger partial charge in [0.05, 0.1) is 6.54 Å². The van der Waals surface area contributed by atoms with Crippen molar-refractivity contribution in [2.75, 3.05) is 26.2 Å². The van der Waals surface area contributed by atoms with Crippen molar-refractivity contribution in [2.45, 2.75) is 19.8 Å². The van der Waals surface area contributed by atoms with Crippen molar-refractivity contribution in [1.29, 1.82) is 0 Å². The van der Waals surface area contributed by atoms with Crippen molar-refractivity contribution in [2.24, 2.45) is 0 Å². The minimum absolute atomic E-state index is 0.201. The number of alkyl halides is 2. The highest BCUT2D eigenvalue weighted by Gasteiger charge is 1.98. The smallest absolute Gasteiger partial charge is 0.250 e. The van der Waals surface area contributed by atoms with E-state index in [2.05, 4.69) is 17.6 Å². The fraction of sp³-hybridized carbons (Fsp3) is 1.00. The lowest BCUT2D eigenvalue weighted by molar-refractivity contribution is 0.146. The average Bonchev–Trinajstić information content (AvgIpc) is 1.96. The molecule has 2 nitrogen and oxygen atoms in total. The van der Waals surface area contributed by atoms with E-state index in [1.165, 1.54) is 0 Å². The molecule has 4 heteroatoms. The van der Waals surface area contributed by atoms with Crippen LogP contribution < -0.4 is 10.6 Å². The van der Waals surface area contributed by atoms with Gasteiger partial charge in [0.2, 0.25) is 0 Å². The second-order valence-electron chi connectivity index (χ2n) is 2.35. The molecule has 0 aromatic heterocycles. The lowest BCUT2D eigenvalue weighted by Gasteiger charge is -2.04. The molecule has 0 bridgehead atoms. The van der Waals surface area contributed by atoms with E-state index in [1.54, 1.807) is 0 Å². The van der Waals surface area contributed by atoms with Crippen LogP contribution in [0.1, 0.15) is 13.3 Å². The minimum atomic E-state index is -2.24. The van der Waals surface area contributed by atoms with Gasteiger partial charge in [-0.05, 0) is 13.0 Å². The van der Waals surface area contributed by atoms with E-state index in [1.807, 2.05) is 0 Å². The Morgan fingerprint density at radius 3 is 2.27 bits per heavy atom. The molecule has 0 amide bonds. The van der Waals surface area contributed by atoms with E-state index in [0.717, 1.165) is 19.5 Å². The van der Waals surface area contributed by atoms with Gasteiger partial charge in [-0.2, -0.15) is 0 Å². The topological polar surface area (TPSA) is 24.1 Å². The summed E-state index contributed by atoms with van der Waals surface area (Å²) in [5, 5.41) is 5.73. The van der Waals surface area contributed by atoms with Crippen LogP contribution in [0, 0.1) is 0 Å². The molecule has 2 N–H and O–H groups in total. The van der Waals surface area contributed by atoms with E-state index in [-0.39, 0.29) is 6.54 Å². The Kier molecular flexibility index (Phi) is 7.72. The summed E-state index contributed by atoms with van der Waals surface area (Å²) in [6, 6.07) is 0. The van der Waals surface area contributed by atoms with E-state index in [0.29, 0.717) is 6.54 Å². The molecule has 68 valence electrons. The van der Waals surface area contributed by atoms with Crippen molar-refractivity contribution in [1.82, 2.24) is 10.6 Å². The highest BCUT2D eigenvalue weighted by atomic mass is 19.3. The van der Waals surface area contributed by atoms with Crippen LogP contribution in [0.15, 0.2) is 0 Å².